The first-order valence-corrected chi connectivity index (χ1v) is 10.4. The van der Waals surface area contributed by atoms with E-state index in [2.05, 4.69) is 5.32 Å². The number of anilines is 1. The van der Waals surface area contributed by atoms with E-state index in [1.54, 1.807) is 19.2 Å². The van der Waals surface area contributed by atoms with Crippen molar-refractivity contribution in [2.75, 3.05) is 45.2 Å². The van der Waals surface area contributed by atoms with Gasteiger partial charge in [0.2, 0.25) is 0 Å². The largest absolute Gasteiger partial charge is 0.496 e. The van der Waals surface area contributed by atoms with Crippen LogP contribution in [-0.4, -0.2) is 45.7 Å². The van der Waals surface area contributed by atoms with Crippen LogP contribution in [0.1, 0.15) is 5.56 Å². The van der Waals surface area contributed by atoms with Gasteiger partial charge in [0, 0.05) is 11.1 Å². The average molecular weight is 410 g/mol. The third-order valence-electron chi connectivity index (χ3n) is 5.82. The number of quaternary nitrogens is 2. The fourth-order valence-corrected chi connectivity index (χ4v) is 4.22. The molecule has 1 amide bonds. The standard InChI is InChI=1S/C24H26FN3O2/c1-30-23-10-9-20(25)15-19(23)16-27-11-13-28(14-12-27)17-24(29)26-22-8-4-6-18-5-2-3-7-21(18)22/h2-10,15H,11-14,16-17H2,1H3,(H,26,29)/p+2. The monoisotopic (exact) mass is 409 g/mol. The summed E-state index contributed by atoms with van der Waals surface area (Å²) in [6, 6.07) is 18.7. The summed E-state index contributed by atoms with van der Waals surface area (Å²) >= 11 is 0. The average Bonchev–Trinajstić information content (AvgIpc) is 2.75. The highest BCUT2D eigenvalue weighted by molar-refractivity contribution is 6.02. The number of carbonyl (C=O) groups excluding carboxylic acids is 1. The van der Waals surface area contributed by atoms with Gasteiger partial charge in [0.15, 0.2) is 6.54 Å². The molecule has 1 aliphatic heterocycles. The Morgan fingerprint density at radius 1 is 1.00 bits per heavy atom. The van der Waals surface area contributed by atoms with Crippen molar-refractivity contribution in [1.29, 1.82) is 0 Å². The molecule has 1 heterocycles. The minimum Gasteiger partial charge on any atom is -0.496 e. The van der Waals surface area contributed by atoms with Gasteiger partial charge in [-0.2, -0.15) is 0 Å². The lowest BCUT2D eigenvalue weighted by molar-refractivity contribution is -1.02. The summed E-state index contributed by atoms with van der Waals surface area (Å²) < 4.78 is 19.0. The number of hydrogen-bond donors (Lipinski definition) is 3. The molecule has 0 radical (unpaired) electrons. The van der Waals surface area contributed by atoms with Crippen LogP contribution in [0.25, 0.3) is 10.8 Å². The number of carbonyl (C=O) groups is 1. The SMILES string of the molecule is COc1ccc(F)cc1C[NH+]1CC[NH+](CC(=O)Nc2cccc3ccccc23)CC1. The summed E-state index contributed by atoms with van der Waals surface area (Å²) in [5.74, 6) is 0.532. The van der Waals surface area contributed by atoms with E-state index in [1.807, 2.05) is 42.5 Å². The summed E-state index contributed by atoms with van der Waals surface area (Å²) in [5, 5.41) is 5.26. The van der Waals surface area contributed by atoms with Gasteiger partial charge < -0.3 is 19.9 Å². The highest BCUT2D eigenvalue weighted by Gasteiger charge is 2.26. The van der Waals surface area contributed by atoms with E-state index in [9.17, 15) is 9.18 Å². The number of benzene rings is 3. The van der Waals surface area contributed by atoms with Gasteiger partial charge in [-0.25, -0.2) is 4.39 Å². The Morgan fingerprint density at radius 2 is 1.73 bits per heavy atom. The lowest BCUT2D eigenvalue weighted by atomic mass is 10.1. The number of amides is 1. The first-order valence-electron chi connectivity index (χ1n) is 10.4. The van der Waals surface area contributed by atoms with Gasteiger partial charge in [-0.15, -0.1) is 0 Å². The molecule has 0 atom stereocenters. The van der Waals surface area contributed by atoms with Crippen LogP contribution in [0.2, 0.25) is 0 Å². The predicted molar refractivity (Wildman–Crippen MR) is 115 cm³/mol. The molecule has 0 saturated carbocycles. The molecule has 3 aromatic rings. The van der Waals surface area contributed by atoms with Crippen LogP contribution in [0.15, 0.2) is 60.7 Å². The van der Waals surface area contributed by atoms with Crippen molar-refractivity contribution < 1.29 is 23.7 Å². The fourth-order valence-electron chi connectivity index (χ4n) is 4.22. The van der Waals surface area contributed by atoms with E-state index in [-0.39, 0.29) is 11.7 Å². The predicted octanol–water partition coefficient (Wildman–Crippen LogP) is 0.910. The van der Waals surface area contributed by atoms with Crippen LogP contribution in [0.4, 0.5) is 10.1 Å². The molecular weight excluding hydrogens is 381 g/mol. The lowest BCUT2D eigenvalue weighted by Crippen LogP contribution is -3.28. The van der Waals surface area contributed by atoms with E-state index in [0.29, 0.717) is 6.54 Å². The highest BCUT2D eigenvalue weighted by Crippen LogP contribution is 2.22. The van der Waals surface area contributed by atoms with Crippen LogP contribution in [-0.2, 0) is 11.3 Å². The summed E-state index contributed by atoms with van der Waals surface area (Å²) in [7, 11) is 1.61. The lowest BCUT2D eigenvalue weighted by Gasteiger charge is -2.29. The molecule has 5 nitrogen and oxygen atoms in total. The van der Waals surface area contributed by atoms with E-state index in [4.69, 9.17) is 4.74 Å². The maximum Gasteiger partial charge on any atom is 0.279 e. The third kappa shape index (κ3) is 4.78. The molecule has 30 heavy (non-hydrogen) atoms. The van der Waals surface area contributed by atoms with E-state index in [1.165, 1.54) is 15.9 Å². The molecule has 1 saturated heterocycles. The smallest absolute Gasteiger partial charge is 0.279 e. The number of piperazine rings is 1. The Bertz CT molecular complexity index is 1030. The highest BCUT2D eigenvalue weighted by atomic mass is 19.1. The Labute approximate surface area is 176 Å². The molecule has 156 valence electrons. The number of halogens is 1. The molecule has 1 aliphatic rings. The maximum absolute atomic E-state index is 13.6. The van der Waals surface area contributed by atoms with Gasteiger partial charge in [-0.1, -0.05) is 36.4 Å². The molecule has 0 aromatic heterocycles. The summed E-state index contributed by atoms with van der Waals surface area (Å²) in [6.45, 7) is 4.90. The second kappa shape index (κ2) is 9.24. The topological polar surface area (TPSA) is 47.2 Å². The Hall–Kier alpha value is -2.96. The van der Waals surface area contributed by atoms with E-state index in [0.717, 1.165) is 60.5 Å². The molecule has 0 aliphatic carbocycles. The third-order valence-corrected chi connectivity index (χ3v) is 5.82. The van der Waals surface area contributed by atoms with Crippen LogP contribution >= 0.6 is 0 Å². The van der Waals surface area contributed by atoms with Crippen LogP contribution in [0.5, 0.6) is 5.75 Å². The molecule has 0 unspecified atom stereocenters. The van der Waals surface area contributed by atoms with Crippen LogP contribution in [0.3, 0.4) is 0 Å². The summed E-state index contributed by atoms with van der Waals surface area (Å²) in [4.78, 5) is 15.3. The molecule has 0 bridgehead atoms. The zero-order valence-corrected chi connectivity index (χ0v) is 17.2. The zero-order chi connectivity index (χ0) is 20.9. The number of rotatable bonds is 6. The first-order chi connectivity index (χ1) is 14.6. The molecule has 1 fully saturated rings. The van der Waals surface area contributed by atoms with Gasteiger partial charge in [-0.3, -0.25) is 4.79 Å². The molecular formula is C24H28FN3O2+2. The molecule has 6 heteroatoms. The Morgan fingerprint density at radius 3 is 2.53 bits per heavy atom. The second-order valence-corrected chi connectivity index (χ2v) is 7.88. The molecule has 3 N–H and O–H groups in total. The second-order valence-electron chi connectivity index (χ2n) is 7.88. The van der Waals surface area contributed by atoms with Gasteiger partial charge >= 0.3 is 0 Å². The fraction of sp³-hybridized carbons (Fsp3) is 0.292. The van der Waals surface area contributed by atoms with E-state index >= 15 is 0 Å². The quantitative estimate of drug-likeness (QED) is 0.567. The Balaban J connectivity index is 1.30. The normalized spacial score (nSPS) is 18.9. The summed E-state index contributed by atoms with van der Waals surface area (Å²) in [6.07, 6.45) is 0. The van der Waals surface area contributed by atoms with Crippen LogP contribution < -0.4 is 19.9 Å². The van der Waals surface area contributed by atoms with Crippen molar-refractivity contribution in [2.24, 2.45) is 0 Å². The van der Waals surface area contributed by atoms with Gasteiger partial charge in [0.1, 0.15) is 44.3 Å². The number of ether oxygens (including phenoxy) is 1. The number of hydrogen-bond acceptors (Lipinski definition) is 2. The molecule has 4 rings (SSSR count). The van der Waals surface area contributed by atoms with Crippen molar-refractivity contribution in [3.05, 3.63) is 72.0 Å². The van der Waals surface area contributed by atoms with Crippen molar-refractivity contribution in [1.82, 2.24) is 0 Å². The van der Waals surface area contributed by atoms with Gasteiger partial charge in [0.05, 0.1) is 12.7 Å². The van der Waals surface area contributed by atoms with E-state index < -0.39 is 0 Å². The minimum absolute atomic E-state index is 0.0385. The molecule has 0 spiro atoms. The van der Waals surface area contributed by atoms with Gasteiger partial charge in [-0.05, 0) is 29.7 Å². The number of fused-ring (bicyclic) bond motifs is 1. The Kier molecular flexibility index (Phi) is 6.26. The van der Waals surface area contributed by atoms with Crippen molar-refractivity contribution >= 4 is 22.4 Å². The number of nitrogens with one attached hydrogen (secondary N) is 3. The van der Waals surface area contributed by atoms with Crippen molar-refractivity contribution in [2.45, 2.75) is 6.54 Å². The van der Waals surface area contributed by atoms with Crippen molar-refractivity contribution in [3.8, 4) is 5.75 Å². The number of methoxy groups -OCH3 is 1. The van der Waals surface area contributed by atoms with Gasteiger partial charge in [0.25, 0.3) is 5.91 Å². The maximum atomic E-state index is 13.6. The zero-order valence-electron chi connectivity index (χ0n) is 17.2. The minimum atomic E-state index is -0.237. The first kappa shape index (κ1) is 20.3. The molecule has 3 aromatic carbocycles. The summed E-state index contributed by atoms with van der Waals surface area (Å²) in [5.41, 5.74) is 1.75. The van der Waals surface area contributed by atoms with Crippen molar-refractivity contribution in [3.63, 3.8) is 0 Å². The van der Waals surface area contributed by atoms with Crippen LogP contribution in [0, 0.1) is 5.82 Å².